The molecule has 0 bridgehead atoms. The minimum atomic E-state index is 0.552. The summed E-state index contributed by atoms with van der Waals surface area (Å²) in [6.07, 6.45) is 5.12. The van der Waals surface area contributed by atoms with E-state index in [9.17, 15) is 0 Å². The van der Waals surface area contributed by atoms with Gasteiger partial charge in [0, 0.05) is 24.5 Å². The molecule has 1 aliphatic heterocycles. The predicted octanol–water partition coefficient (Wildman–Crippen LogP) is 2.82. The topological polar surface area (TPSA) is 50.3 Å². The van der Waals surface area contributed by atoms with Gasteiger partial charge in [-0.15, -0.1) is 0 Å². The number of fused-ring (bicyclic) bond motifs is 1. The molecule has 1 saturated heterocycles. The van der Waals surface area contributed by atoms with E-state index in [1.807, 2.05) is 6.07 Å². The Morgan fingerprint density at radius 2 is 1.82 bits per heavy atom. The molecule has 4 rings (SSSR count). The molecular formula is C17H22N4O. The molecular weight excluding hydrogens is 276 g/mol. The van der Waals surface area contributed by atoms with E-state index in [0.29, 0.717) is 6.04 Å². The maximum Gasteiger partial charge on any atom is 0.228 e. The maximum absolute atomic E-state index is 5.43. The molecule has 2 aromatic rings. The predicted molar refractivity (Wildman–Crippen MR) is 88.4 cm³/mol. The van der Waals surface area contributed by atoms with Crippen molar-refractivity contribution in [3.63, 3.8) is 0 Å². The number of morpholine rings is 1. The van der Waals surface area contributed by atoms with Gasteiger partial charge in [-0.2, -0.15) is 4.98 Å². The van der Waals surface area contributed by atoms with Crippen LogP contribution in [0.1, 0.15) is 25.7 Å². The van der Waals surface area contributed by atoms with Gasteiger partial charge < -0.3 is 15.0 Å². The molecule has 2 fully saturated rings. The number of benzene rings is 1. The van der Waals surface area contributed by atoms with Crippen molar-refractivity contribution in [1.29, 1.82) is 0 Å². The highest BCUT2D eigenvalue weighted by Gasteiger charge is 2.19. The molecule has 1 N–H and O–H groups in total. The van der Waals surface area contributed by atoms with E-state index < -0.39 is 0 Å². The van der Waals surface area contributed by atoms with Gasteiger partial charge in [-0.25, -0.2) is 4.98 Å². The van der Waals surface area contributed by atoms with Crippen LogP contribution in [0.15, 0.2) is 24.3 Å². The molecule has 5 heteroatoms. The van der Waals surface area contributed by atoms with Gasteiger partial charge in [0.25, 0.3) is 0 Å². The lowest BCUT2D eigenvalue weighted by molar-refractivity contribution is 0.122. The van der Waals surface area contributed by atoms with Crippen molar-refractivity contribution < 1.29 is 4.74 Å². The highest BCUT2D eigenvalue weighted by Crippen LogP contribution is 2.28. The van der Waals surface area contributed by atoms with E-state index >= 15 is 0 Å². The zero-order valence-electron chi connectivity index (χ0n) is 12.8. The third kappa shape index (κ3) is 2.73. The molecule has 0 spiro atoms. The molecule has 1 saturated carbocycles. The molecule has 1 aliphatic carbocycles. The smallest absolute Gasteiger partial charge is 0.228 e. The van der Waals surface area contributed by atoms with E-state index in [1.54, 1.807) is 0 Å². The van der Waals surface area contributed by atoms with Crippen LogP contribution in [0.4, 0.5) is 11.8 Å². The van der Waals surface area contributed by atoms with Crippen molar-refractivity contribution >= 4 is 22.7 Å². The summed E-state index contributed by atoms with van der Waals surface area (Å²) in [6, 6.07) is 8.82. The van der Waals surface area contributed by atoms with Crippen LogP contribution in [0, 0.1) is 0 Å². The van der Waals surface area contributed by atoms with Gasteiger partial charge in [-0.3, -0.25) is 0 Å². The number of hydrogen-bond donors (Lipinski definition) is 1. The Bertz CT molecular complexity index is 648. The molecule has 0 amide bonds. The van der Waals surface area contributed by atoms with Crippen LogP contribution in [0.3, 0.4) is 0 Å². The SMILES string of the molecule is c1ccc2c(NC3CCCC3)nc(N3CCOCC3)nc2c1. The molecule has 1 aromatic heterocycles. The molecule has 116 valence electrons. The average Bonchev–Trinajstić information content (AvgIpc) is 3.09. The van der Waals surface area contributed by atoms with Crippen LogP contribution in [-0.2, 0) is 4.74 Å². The van der Waals surface area contributed by atoms with Gasteiger partial charge in [0.2, 0.25) is 5.95 Å². The lowest BCUT2D eigenvalue weighted by Crippen LogP contribution is -2.37. The number of aromatic nitrogens is 2. The summed E-state index contributed by atoms with van der Waals surface area (Å²) in [6.45, 7) is 3.23. The Morgan fingerprint density at radius 3 is 2.64 bits per heavy atom. The van der Waals surface area contributed by atoms with Crippen molar-refractivity contribution in [2.75, 3.05) is 36.5 Å². The second-order valence-electron chi connectivity index (χ2n) is 6.11. The summed E-state index contributed by atoms with van der Waals surface area (Å²) in [5, 5.41) is 4.77. The number of para-hydroxylation sites is 1. The van der Waals surface area contributed by atoms with E-state index in [1.165, 1.54) is 25.7 Å². The van der Waals surface area contributed by atoms with Crippen LogP contribution in [0.5, 0.6) is 0 Å². The number of hydrogen-bond acceptors (Lipinski definition) is 5. The quantitative estimate of drug-likeness (QED) is 0.944. The minimum Gasteiger partial charge on any atom is -0.378 e. The summed E-state index contributed by atoms with van der Waals surface area (Å²) in [5.41, 5.74) is 1.01. The molecule has 2 aliphatic rings. The minimum absolute atomic E-state index is 0.552. The molecule has 2 heterocycles. The van der Waals surface area contributed by atoms with Crippen molar-refractivity contribution in [1.82, 2.24) is 9.97 Å². The standard InChI is InChI=1S/C17H22N4O/c1-2-6-13(5-1)18-16-14-7-3-4-8-15(14)19-17(20-16)21-9-11-22-12-10-21/h3-4,7-8,13H,1-2,5-6,9-12H2,(H,18,19,20). The second-order valence-corrected chi connectivity index (χ2v) is 6.11. The lowest BCUT2D eigenvalue weighted by atomic mass is 10.2. The third-order valence-electron chi connectivity index (χ3n) is 4.58. The zero-order valence-corrected chi connectivity index (χ0v) is 12.8. The first kappa shape index (κ1) is 13.8. The van der Waals surface area contributed by atoms with Crippen molar-refractivity contribution in [2.45, 2.75) is 31.7 Å². The van der Waals surface area contributed by atoms with Crippen molar-refractivity contribution in [2.24, 2.45) is 0 Å². The fourth-order valence-corrected chi connectivity index (χ4v) is 3.34. The summed E-state index contributed by atoms with van der Waals surface area (Å²) in [5.74, 6) is 1.81. The van der Waals surface area contributed by atoms with E-state index in [-0.39, 0.29) is 0 Å². The van der Waals surface area contributed by atoms with Crippen LogP contribution < -0.4 is 10.2 Å². The van der Waals surface area contributed by atoms with Gasteiger partial charge >= 0.3 is 0 Å². The molecule has 1 aromatic carbocycles. The van der Waals surface area contributed by atoms with Gasteiger partial charge in [-0.05, 0) is 25.0 Å². The first-order valence-corrected chi connectivity index (χ1v) is 8.26. The van der Waals surface area contributed by atoms with Crippen LogP contribution >= 0.6 is 0 Å². The largest absolute Gasteiger partial charge is 0.378 e. The van der Waals surface area contributed by atoms with Gasteiger partial charge in [0.15, 0.2) is 0 Å². The monoisotopic (exact) mass is 298 g/mol. The number of nitrogens with one attached hydrogen (secondary N) is 1. The summed E-state index contributed by atoms with van der Waals surface area (Å²) >= 11 is 0. The Hall–Kier alpha value is -1.88. The highest BCUT2D eigenvalue weighted by molar-refractivity contribution is 5.90. The first-order chi connectivity index (χ1) is 10.9. The summed E-state index contributed by atoms with van der Waals surface area (Å²) < 4.78 is 5.43. The fourth-order valence-electron chi connectivity index (χ4n) is 3.34. The summed E-state index contributed by atoms with van der Waals surface area (Å²) in [7, 11) is 0. The van der Waals surface area contributed by atoms with Crippen molar-refractivity contribution in [3.8, 4) is 0 Å². The second kappa shape index (κ2) is 6.08. The Morgan fingerprint density at radius 1 is 1.05 bits per heavy atom. The number of ether oxygens (including phenoxy) is 1. The van der Waals surface area contributed by atoms with Gasteiger partial charge in [0.05, 0.1) is 18.7 Å². The average molecular weight is 298 g/mol. The first-order valence-electron chi connectivity index (χ1n) is 8.26. The third-order valence-corrected chi connectivity index (χ3v) is 4.58. The number of anilines is 2. The van der Waals surface area contributed by atoms with Crippen LogP contribution in [-0.4, -0.2) is 42.3 Å². The maximum atomic E-state index is 5.43. The van der Waals surface area contributed by atoms with Crippen molar-refractivity contribution in [3.05, 3.63) is 24.3 Å². The van der Waals surface area contributed by atoms with E-state index in [0.717, 1.165) is 49.0 Å². The van der Waals surface area contributed by atoms with Gasteiger partial charge in [-0.1, -0.05) is 25.0 Å². The molecule has 0 atom stereocenters. The number of rotatable bonds is 3. The van der Waals surface area contributed by atoms with E-state index in [2.05, 4.69) is 28.4 Å². The Kier molecular flexibility index (Phi) is 3.81. The summed E-state index contributed by atoms with van der Waals surface area (Å²) in [4.78, 5) is 11.8. The van der Waals surface area contributed by atoms with Gasteiger partial charge in [0.1, 0.15) is 5.82 Å². The number of nitrogens with zero attached hydrogens (tertiary/aromatic N) is 3. The Balaban J connectivity index is 1.71. The van der Waals surface area contributed by atoms with E-state index in [4.69, 9.17) is 14.7 Å². The Labute approximate surface area is 130 Å². The van der Waals surface area contributed by atoms with Crippen LogP contribution in [0.2, 0.25) is 0 Å². The molecule has 0 unspecified atom stereocenters. The fraction of sp³-hybridized carbons (Fsp3) is 0.529. The molecule has 22 heavy (non-hydrogen) atoms. The molecule has 0 radical (unpaired) electrons. The highest BCUT2D eigenvalue weighted by atomic mass is 16.5. The lowest BCUT2D eigenvalue weighted by Gasteiger charge is -2.27. The van der Waals surface area contributed by atoms with Crippen LogP contribution in [0.25, 0.3) is 10.9 Å². The molecule has 5 nitrogen and oxygen atoms in total. The normalized spacial score (nSPS) is 19.7. The zero-order chi connectivity index (χ0) is 14.8.